The number of fused-ring (bicyclic) bond motifs is 2. The van der Waals surface area contributed by atoms with Crippen molar-refractivity contribution >= 4 is 0 Å². The van der Waals surface area contributed by atoms with Crippen LogP contribution in [0.25, 0.3) is 0 Å². The molecule has 5 unspecified atom stereocenters. The van der Waals surface area contributed by atoms with Gasteiger partial charge in [-0.15, -0.1) is 0 Å². The minimum absolute atomic E-state index is 0.0392. The van der Waals surface area contributed by atoms with E-state index in [-0.39, 0.29) is 12.5 Å². The first-order valence-corrected chi connectivity index (χ1v) is 15.0. The molecule has 2 heterocycles. The molecule has 5 rings (SSSR count). The van der Waals surface area contributed by atoms with E-state index in [1.165, 1.54) is 58.0 Å². The van der Waals surface area contributed by atoms with Gasteiger partial charge in [0.2, 0.25) is 0 Å². The fourth-order valence-corrected chi connectivity index (χ4v) is 9.00. The number of aliphatic hydroxyl groups is 1. The molecule has 5 aliphatic rings. The standard InChI is InChI=1S/C30H50F2N2O/c1-22-20-34(16-12-30(22)11-8-24-6-2-3-7-28(24)30)21-29(35)25-9-14-33(15-10-25)13-4-5-23-17-26(31)19-27(32)18-23/h17,22,24-29,35H,2-16,18-21H2,1H3/t22-,24?,26?,27?,28+,29?,30?/m0/s1. The first-order chi connectivity index (χ1) is 16.9. The van der Waals surface area contributed by atoms with Crippen molar-refractivity contribution in [1.29, 1.82) is 0 Å². The molecule has 0 radical (unpaired) electrons. The van der Waals surface area contributed by atoms with Gasteiger partial charge < -0.3 is 14.9 Å². The van der Waals surface area contributed by atoms with Crippen LogP contribution in [-0.4, -0.2) is 72.6 Å². The zero-order valence-corrected chi connectivity index (χ0v) is 22.2. The highest BCUT2D eigenvalue weighted by molar-refractivity contribution is 5.11. The topological polar surface area (TPSA) is 26.7 Å². The van der Waals surface area contributed by atoms with E-state index in [0.29, 0.717) is 17.8 Å². The number of aliphatic hydroxyl groups excluding tert-OH is 1. The van der Waals surface area contributed by atoms with Crippen molar-refractivity contribution in [2.75, 3.05) is 39.3 Å². The van der Waals surface area contributed by atoms with Gasteiger partial charge in [-0.25, -0.2) is 8.78 Å². The molecule has 5 heteroatoms. The smallest absolute Gasteiger partial charge is 0.121 e. The van der Waals surface area contributed by atoms with Crippen LogP contribution >= 0.6 is 0 Å². The number of likely N-dealkylation sites (tertiary alicyclic amines) is 2. The molecule has 0 aromatic heterocycles. The van der Waals surface area contributed by atoms with Gasteiger partial charge >= 0.3 is 0 Å². The Labute approximate surface area is 212 Å². The largest absolute Gasteiger partial charge is 0.392 e. The van der Waals surface area contributed by atoms with Crippen LogP contribution in [0.1, 0.15) is 90.4 Å². The number of halogens is 2. The number of β-amino-alcohol motifs (C(OH)–C–C–N with tert-alkyl or cyclic N) is 1. The Hall–Kier alpha value is -0.520. The molecule has 4 fully saturated rings. The lowest BCUT2D eigenvalue weighted by Gasteiger charge is -2.50. The van der Waals surface area contributed by atoms with Crippen LogP contribution in [0.15, 0.2) is 11.6 Å². The van der Waals surface area contributed by atoms with Crippen LogP contribution in [0.2, 0.25) is 0 Å². The molecule has 0 amide bonds. The summed E-state index contributed by atoms with van der Waals surface area (Å²) in [6.07, 6.45) is 13.9. The van der Waals surface area contributed by atoms with E-state index in [1.807, 2.05) is 0 Å². The predicted octanol–water partition coefficient (Wildman–Crippen LogP) is 6.16. The van der Waals surface area contributed by atoms with Crippen molar-refractivity contribution in [1.82, 2.24) is 9.80 Å². The number of piperidine rings is 2. The molecule has 2 saturated heterocycles. The van der Waals surface area contributed by atoms with Crippen molar-refractivity contribution in [2.45, 2.75) is 109 Å². The van der Waals surface area contributed by atoms with Gasteiger partial charge in [-0.2, -0.15) is 0 Å². The van der Waals surface area contributed by atoms with Crippen molar-refractivity contribution in [2.24, 2.45) is 29.1 Å². The first kappa shape index (κ1) is 26.1. The Morgan fingerprint density at radius 1 is 1.03 bits per heavy atom. The summed E-state index contributed by atoms with van der Waals surface area (Å²) in [4.78, 5) is 5.07. The Morgan fingerprint density at radius 2 is 1.83 bits per heavy atom. The van der Waals surface area contributed by atoms with Gasteiger partial charge in [-0.1, -0.05) is 37.8 Å². The van der Waals surface area contributed by atoms with Gasteiger partial charge in [-0.05, 0) is 113 Å². The third kappa shape index (κ3) is 5.98. The molecule has 35 heavy (non-hydrogen) atoms. The maximum Gasteiger partial charge on any atom is 0.121 e. The maximum atomic E-state index is 13.6. The molecule has 2 saturated carbocycles. The lowest BCUT2D eigenvalue weighted by atomic mass is 9.60. The van der Waals surface area contributed by atoms with E-state index >= 15 is 0 Å². The lowest BCUT2D eigenvalue weighted by Crippen LogP contribution is -2.51. The number of allylic oxidation sites excluding steroid dienone is 2. The Balaban J connectivity index is 1.02. The molecular formula is C30H50F2N2O. The summed E-state index contributed by atoms with van der Waals surface area (Å²) >= 11 is 0. The summed E-state index contributed by atoms with van der Waals surface area (Å²) in [5, 5.41) is 11.1. The highest BCUT2D eigenvalue weighted by atomic mass is 19.1. The van der Waals surface area contributed by atoms with Crippen LogP contribution in [-0.2, 0) is 0 Å². The van der Waals surface area contributed by atoms with Gasteiger partial charge in [0.15, 0.2) is 0 Å². The Kier molecular flexibility index (Phi) is 8.56. The van der Waals surface area contributed by atoms with Crippen molar-refractivity contribution < 1.29 is 13.9 Å². The third-order valence-corrected chi connectivity index (χ3v) is 11.0. The first-order valence-electron chi connectivity index (χ1n) is 15.0. The number of hydrogen-bond donors (Lipinski definition) is 1. The Bertz CT molecular complexity index is 723. The minimum atomic E-state index is -1.10. The molecule has 1 spiro atoms. The van der Waals surface area contributed by atoms with Gasteiger partial charge in [-0.3, -0.25) is 0 Å². The van der Waals surface area contributed by atoms with E-state index in [0.717, 1.165) is 75.2 Å². The quantitative estimate of drug-likeness (QED) is 0.431. The zero-order valence-electron chi connectivity index (χ0n) is 22.2. The number of hydrogen-bond acceptors (Lipinski definition) is 3. The molecule has 3 aliphatic carbocycles. The monoisotopic (exact) mass is 492 g/mol. The number of rotatable bonds is 7. The summed E-state index contributed by atoms with van der Waals surface area (Å²) in [6.45, 7) is 8.80. The maximum absolute atomic E-state index is 13.6. The lowest BCUT2D eigenvalue weighted by molar-refractivity contribution is -0.0343. The van der Waals surface area contributed by atoms with Gasteiger partial charge in [0, 0.05) is 19.5 Å². The summed E-state index contributed by atoms with van der Waals surface area (Å²) in [5.41, 5.74) is 1.57. The van der Waals surface area contributed by atoms with Gasteiger partial charge in [0.25, 0.3) is 0 Å². The molecule has 0 aromatic carbocycles. The van der Waals surface area contributed by atoms with E-state index in [1.54, 1.807) is 6.08 Å². The average molecular weight is 493 g/mol. The van der Waals surface area contributed by atoms with Gasteiger partial charge in [0.05, 0.1) is 6.10 Å². The number of alkyl halides is 2. The van der Waals surface area contributed by atoms with E-state index in [4.69, 9.17) is 0 Å². The second-order valence-electron chi connectivity index (χ2n) is 13.1. The normalized spacial score (nSPS) is 40.6. The van der Waals surface area contributed by atoms with Crippen LogP contribution in [0, 0.1) is 29.1 Å². The highest BCUT2D eigenvalue weighted by Crippen LogP contribution is 2.59. The summed E-state index contributed by atoms with van der Waals surface area (Å²) in [6, 6.07) is 0. The molecule has 0 bridgehead atoms. The molecule has 2 aliphatic heterocycles. The zero-order chi connectivity index (χ0) is 24.4. The average Bonchev–Trinajstić information content (AvgIpc) is 3.21. The third-order valence-electron chi connectivity index (χ3n) is 11.0. The second kappa shape index (κ2) is 11.5. The fourth-order valence-electron chi connectivity index (χ4n) is 9.00. The summed E-state index contributed by atoms with van der Waals surface area (Å²) in [5.74, 6) is 3.16. The van der Waals surface area contributed by atoms with E-state index in [9.17, 15) is 13.9 Å². The molecule has 0 aromatic rings. The van der Waals surface area contributed by atoms with Crippen LogP contribution in [0.5, 0.6) is 0 Å². The second-order valence-corrected chi connectivity index (χ2v) is 13.1. The van der Waals surface area contributed by atoms with E-state index in [2.05, 4.69) is 16.7 Å². The van der Waals surface area contributed by atoms with Crippen molar-refractivity contribution in [3.63, 3.8) is 0 Å². The fraction of sp³-hybridized carbons (Fsp3) is 0.933. The summed E-state index contributed by atoms with van der Waals surface area (Å²) in [7, 11) is 0. The molecule has 7 atom stereocenters. The summed E-state index contributed by atoms with van der Waals surface area (Å²) < 4.78 is 27.2. The van der Waals surface area contributed by atoms with Crippen molar-refractivity contribution in [3.8, 4) is 0 Å². The van der Waals surface area contributed by atoms with Crippen LogP contribution in [0.4, 0.5) is 8.78 Å². The Morgan fingerprint density at radius 3 is 2.60 bits per heavy atom. The SMILES string of the molecule is C[C@H]1CN(CC(O)C2CCN(CCCC3=CC(F)CC(F)C3)CC2)CCC12CCC1CCCC[C@H]12. The minimum Gasteiger partial charge on any atom is -0.392 e. The van der Waals surface area contributed by atoms with Gasteiger partial charge in [0.1, 0.15) is 12.3 Å². The molecule has 200 valence electrons. The molecular weight excluding hydrogens is 442 g/mol. The predicted molar refractivity (Wildman–Crippen MR) is 139 cm³/mol. The molecule has 3 nitrogen and oxygen atoms in total. The van der Waals surface area contributed by atoms with Crippen LogP contribution < -0.4 is 0 Å². The van der Waals surface area contributed by atoms with Crippen LogP contribution in [0.3, 0.4) is 0 Å². The molecule has 1 N–H and O–H groups in total. The van der Waals surface area contributed by atoms with Crippen molar-refractivity contribution in [3.05, 3.63) is 11.6 Å². The highest BCUT2D eigenvalue weighted by Gasteiger charge is 2.53. The van der Waals surface area contributed by atoms with E-state index < -0.39 is 12.3 Å². The number of nitrogens with zero attached hydrogens (tertiary/aromatic N) is 2.